The van der Waals surface area contributed by atoms with Gasteiger partial charge in [0.25, 0.3) is 0 Å². The third-order valence-corrected chi connectivity index (χ3v) is 4.97. The van der Waals surface area contributed by atoms with E-state index in [9.17, 15) is 5.11 Å². The summed E-state index contributed by atoms with van der Waals surface area (Å²) in [5.41, 5.74) is 5.34. The molecule has 2 heterocycles. The van der Waals surface area contributed by atoms with Crippen molar-refractivity contribution in [1.29, 1.82) is 0 Å². The quantitative estimate of drug-likeness (QED) is 0.561. The largest absolute Gasteiger partial charge is 0.395 e. The molecule has 0 bridgehead atoms. The summed E-state index contributed by atoms with van der Waals surface area (Å²) in [5, 5.41) is 15.0. The van der Waals surface area contributed by atoms with E-state index in [0.29, 0.717) is 13.1 Å². The zero-order valence-electron chi connectivity index (χ0n) is 16.1. The molecule has 0 unspecified atom stereocenters. The van der Waals surface area contributed by atoms with Crippen molar-refractivity contribution in [3.05, 3.63) is 77.7 Å². The number of hydrogen-bond donors (Lipinski definition) is 1. The van der Waals surface area contributed by atoms with Gasteiger partial charge in [0.15, 0.2) is 5.65 Å². The van der Waals surface area contributed by atoms with E-state index >= 15 is 0 Å². The van der Waals surface area contributed by atoms with Gasteiger partial charge in [-0.1, -0.05) is 36.4 Å². The minimum Gasteiger partial charge on any atom is -0.395 e. The number of aryl methyl sites for hydroxylation is 2. The van der Waals surface area contributed by atoms with E-state index in [2.05, 4.69) is 58.1 Å². The number of fused-ring (bicyclic) bond motifs is 1. The lowest BCUT2D eigenvalue weighted by Crippen LogP contribution is -2.27. The fourth-order valence-corrected chi connectivity index (χ4v) is 3.31. The van der Waals surface area contributed by atoms with Gasteiger partial charge in [-0.25, -0.2) is 14.6 Å². The van der Waals surface area contributed by atoms with Crippen LogP contribution in [-0.2, 0) is 6.54 Å². The van der Waals surface area contributed by atoms with Gasteiger partial charge in [-0.05, 0) is 42.7 Å². The highest BCUT2D eigenvalue weighted by Gasteiger charge is 2.17. The van der Waals surface area contributed by atoms with Crippen molar-refractivity contribution in [3.8, 4) is 5.69 Å². The lowest BCUT2D eigenvalue weighted by molar-refractivity contribution is 0.301. The van der Waals surface area contributed by atoms with Gasteiger partial charge in [0.2, 0.25) is 0 Å². The topological polar surface area (TPSA) is 67.1 Å². The number of hydrogen-bond acceptors (Lipinski definition) is 5. The second-order valence-electron chi connectivity index (χ2n) is 6.89. The van der Waals surface area contributed by atoms with Crippen molar-refractivity contribution in [1.82, 2.24) is 19.7 Å². The summed E-state index contributed by atoms with van der Waals surface area (Å²) >= 11 is 0. The zero-order chi connectivity index (χ0) is 19.5. The van der Waals surface area contributed by atoms with Crippen LogP contribution in [-0.4, -0.2) is 38.0 Å². The Hall–Kier alpha value is -3.25. The van der Waals surface area contributed by atoms with E-state index in [1.54, 1.807) is 12.5 Å². The van der Waals surface area contributed by atoms with Crippen molar-refractivity contribution in [2.75, 3.05) is 18.1 Å². The Morgan fingerprint density at radius 1 is 1.00 bits per heavy atom. The SMILES string of the molecule is Cc1ccc(-n2ncc3c(N(CCO)Cc4ccccc4)ncnc32)cc1C. The monoisotopic (exact) mass is 373 g/mol. The number of anilines is 1. The summed E-state index contributed by atoms with van der Waals surface area (Å²) in [6.07, 6.45) is 3.36. The Morgan fingerprint density at radius 2 is 1.82 bits per heavy atom. The van der Waals surface area contributed by atoms with Crippen LogP contribution in [0.2, 0.25) is 0 Å². The van der Waals surface area contributed by atoms with E-state index < -0.39 is 0 Å². The predicted molar refractivity (Wildman–Crippen MR) is 111 cm³/mol. The molecule has 2 aromatic carbocycles. The maximum absolute atomic E-state index is 9.58. The smallest absolute Gasteiger partial charge is 0.168 e. The number of benzene rings is 2. The maximum Gasteiger partial charge on any atom is 0.168 e. The molecule has 28 heavy (non-hydrogen) atoms. The van der Waals surface area contributed by atoms with Crippen LogP contribution in [0.4, 0.5) is 5.82 Å². The highest BCUT2D eigenvalue weighted by molar-refractivity contribution is 5.87. The Morgan fingerprint density at radius 3 is 2.57 bits per heavy atom. The molecule has 2 aromatic heterocycles. The van der Waals surface area contributed by atoms with Crippen LogP contribution in [0.15, 0.2) is 61.1 Å². The minimum absolute atomic E-state index is 0.0453. The summed E-state index contributed by atoms with van der Waals surface area (Å²) in [5.74, 6) is 0.776. The molecule has 6 heteroatoms. The van der Waals surface area contributed by atoms with Crippen molar-refractivity contribution < 1.29 is 5.11 Å². The van der Waals surface area contributed by atoms with Crippen molar-refractivity contribution in [3.63, 3.8) is 0 Å². The van der Waals surface area contributed by atoms with E-state index in [1.165, 1.54) is 11.1 Å². The lowest BCUT2D eigenvalue weighted by Gasteiger charge is -2.23. The van der Waals surface area contributed by atoms with Crippen LogP contribution in [0.3, 0.4) is 0 Å². The fourth-order valence-electron chi connectivity index (χ4n) is 3.31. The van der Waals surface area contributed by atoms with Gasteiger partial charge < -0.3 is 10.0 Å². The molecule has 0 aliphatic heterocycles. The molecule has 4 rings (SSSR count). The Labute approximate surface area is 164 Å². The van der Waals surface area contributed by atoms with Crippen LogP contribution < -0.4 is 4.90 Å². The third kappa shape index (κ3) is 3.46. The Balaban J connectivity index is 1.77. The Bertz CT molecular complexity index is 1090. The van der Waals surface area contributed by atoms with Crippen molar-refractivity contribution in [2.45, 2.75) is 20.4 Å². The van der Waals surface area contributed by atoms with Gasteiger partial charge in [-0.2, -0.15) is 5.10 Å². The van der Waals surface area contributed by atoms with Crippen LogP contribution in [0.25, 0.3) is 16.7 Å². The summed E-state index contributed by atoms with van der Waals surface area (Å²) in [7, 11) is 0. The first-order chi connectivity index (χ1) is 13.7. The second-order valence-corrected chi connectivity index (χ2v) is 6.89. The van der Waals surface area contributed by atoms with E-state index in [4.69, 9.17) is 0 Å². The number of aliphatic hydroxyl groups excluding tert-OH is 1. The maximum atomic E-state index is 9.58. The first-order valence-electron chi connectivity index (χ1n) is 9.33. The predicted octanol–water partition coefficient (Wildman–Crippen LogP) is 3.43. The number of rotatable bonds is 6. The molecule has 4 aromatic rings. The second kappa shape index (κ2) is 7.78. The van der Waals surface area contributed by atoms with Gasteiger partial charge in [-0.3, -0.25) is 0 Å². The number of nitrogens with zero attached hydrogens (tertiary/aromatic N) is 5. The summed E-state index contributed by atoms with van der Waals surface area (Å²) in [6, 6.07) is 16.4. The van der Waals surface area contributed by atoms with Gasteiger partial charge in [0.1, 0.15) is 12.1 Å². The molecule has 0 aliphatic rings. The van der Waals surface area contributed by atoms with Crippen molar-refractivity contribution >= 4 is 16.9 Å². The van der Waals surface area contributed by atoms with Gasteiger partial charge in [0, 0.05) is 13.1 Å². The highest BCUT2D eigenvalue weighted by Crippen LogP contribution is 2.26. The van der Waals surface area contributed by atoms with E-state index in [-0.39, 0.29) is 6.61 Å². The summed E-state index contributed by atoms with van der Waals surface area (Å²) in [4.78, 5) is 11.1. The third-order valence-electron chi connectivity index (χ3n) is 4.97. The number of aliphatic hydroxyl groups is 1. The summed E-state index contributed by atoms with van der Waals surface area (Å²) < 4.78 is 1.84. The molecular formula is C22H23N5O. The Kier molecular flexibility index (Phi) is 5.04. The summed E-state index contributed by atoms with van der Waals surface area (Å²) in [6.45, 7) is 5.37. The molecule has 1 N–H and O–H groups in total. The highest BCUT2D eigenvalue weighted by atomic mass is 16.3. The zero-order valence-corrected chi connectivity index (χ0v) is 16.1. The van der Waals surface area contributed by atoms with Gasteiger partial charge >= 0.3 is 0 Å². The normalized spacial score (nSPS) is 11.1. The molecule has 142 valence electrons. The fraction of sp³-hybridized carbons (Fsp3) is 0.227. The first-order valence-corrected chi connectivity index (χ1v) is 9.33. The average Bonchev–Trinajstić information content (AvgIpc) is 3.15. The van der Waals surface area contributed by atoms with Crippen LogP contribution in [0.5, 0.6) is 0 Å². The van der Waals surface area contributed by atoms with Gasteiger partial charge in [-0.15, -0.1) is 0 Å². The molecule has 0 saturated heterocycles. The van der Waals surface area contributed by atoms with Crippen LogP contribution in [0, 0.1) is 13.8 Å². The van der Waals surface area contributed by atoms with Gasteiger partial charge in [0.05, 0.1) is 23.9 Å². The molecule has 0 spiro atoms. The molecule has 0 atom stereocenters. The van der Waals surface area contributed by atoms with Crippen LogP contribution >= 0.6 is 0 Å². The minimum atomic E-state index is 0.0453. The molecule has 0 saturated carbocycles. The molecular weight excluding hydrogens is 350 g/mol. The van der Waals surface area contributed by atoms with E-state index in [1.807, 2.05) is 28.9 Å². The standard InChI is InChI=1S/C22H23N5O/c1-16-8-9-19(12-17(16)2)27-22-20(13-25-27)21(23-15-24-22)26(10-11-28)14-18-6-4-3-5-7-18/h3-9,12-13,15,28H,10-11,14H2,1-2H3. The molecule has 0 aliphatic carbocycles. The average molecular weight is 373 g/mol. The van der Waals surface area contributed by atoms with E-state index in [0.717, 1.165) is 28.1 Å². The molecule has 0 fully saturated rings. The van der Waals surface area contributed by atoms with Crippen LogP contribution in [0.1, 0.15) is 16.7 Å². The van der Waals surface area contributed by atoms with Crippen molar-refractivity contribution in [2.24, 2.45) is 0 Å². The first kappa shape index (κ1) is 18.1. The molecule has 0 radical (unpaired) electrons. The molecule has 6 nitrogen and oxygen atoms in total. The molecule has 0 amide bonds. The lowest BCUT2D eigenvalue weighted by atomic mass is 10.1. The number of aromatic nitrogens is 4.